The highest BCUT2D eigenvalue weighted by atomic mass is 16.8. The van der Waals surface area contributed by atoms with Gasteiger partial charge in [-0.05, 0) is 59.4 Å². The van der Waals surface area contributed by atoms with Crippen molar-refractivity contribution in [2.24, 2.45) is 0 Å². The third-order valence-corrected chi connectivity index (χ3v) is 12.2. The summed E-state index contributed by atoms with van der Waals surface area (Å²) in [6.07, 6.45) is -4.49. The van der Waals surface area contributed by atoms with Crippen molar-refractivity contribution >= 4 is 5.78 Å². The predicted octanol–water partition coefficient (Wildman–Crippen LogP) is 10.1. The minimum absolute atomic E-state index is 0.176. The molecule has 0 spiro atoms. The molecule has 2 aliphatic heterocycles. The maximum atomic E-state index is 15.2. The highest BCUT2D eigenvalue weighted by Gasteiger charge is 2.51. The van der Waals surface area contributed by atoms with E-state index in [0.29, 0.717) is 0 Å². The Balaban J connectivity index is 1.15. The maximum absolute atomic E-state index is 15.2. The predicted molar refractivity (Wildman–Crippen MR) is 265 cm³/mol. The monoisotopic (exact) mass is 948 g/mol. The van der Waals surface area contributed by atoms with Gasteiger partial charge >= 0.3 is 0 Å². The summed E-state index contributed by atoms with van der Waals surface area (Å²) in [5.74, 6) is -1.27. The fraction of sp³-hybridized carbons (Fsp3) is 0.339. The highest BCUT2D eigenvalue weighted by molar-refractivity contribution is 5.94. The summed E-state index contributed by atoms with van der Waals surface area (Å²) >= 11 is 0. The van der Waals surface area contributed by atoms with Crippen molar-refractivity contribution < 1.29 is 52.2 Å². The Bertz CT molecular complexity index is 2440. The average molecular weight is 949 g/mol. The van der Waals surface area contributed by atoms with Gasteiger partial charge in [0.15, 0.2) is 24.0 Å². The number of ether oxygens (including phenoxy) is 10. The van der Waals surface area contributed by atoms with Crippen LogP contribution in [0.1, 0.15) is 47.2 Å². The molecule has 6 aromatic carbocycles. The van der Waals surface area contributed by atoms with Gasteiger partial charge < -0.3 is 47.4 Å². The number of hydrogen-bond donors (Lipinski definition) is 0. The van der Waals surface area contributed by atoms with E-state index >= 15 is 4.79 Å². The molecule has 8 rings (SSSR count). The van der Waals surface area contributed by atoms with Gasteiger partial charge in [0.05, 0.1) is 46.2 Å². The largest absolute Gasteiger partial charge is 0.368 e. The quantitative estimate of drug-likeness (QED) is 0.0512. The molecule has 0 amide bonds. The molecule has 2 aliphatic rings. The van der Waals surface area contributed by atoms with Crippen LogP contribution in [0.5, 0.6) is 0 Å². The van der Waals surface area contributed by atoms with Crippen LogP contribution in [0.15, 0.2) is 194 Å². The smallest absolute Gasteiger partial charge is 0.187 e. The number of carbonyl (C=O) groups is 1. The molecule has 70 heavy (non-hydrogen) atoms. The van der Waals surface area contributed by atoms with E-state index in [9.17, 15) is 0 Å². The van der Waals surface area contributed by atoms with Crippen molar-refractivity contribution in [2.45, 2.75) is 114 Å². The van der Waals surface area contributed by atoms with Crippen LogP contribution < -0.4 is 0 Å². The van der Waals surface area contributed by atoms with Crippen molar-refractivity contribution in [3.8, 4) is 0 Å². The van der Waals surface area contributed by atoms with Crippen LogP contribution in [0.4, 0.5) is 0 Å². The van der Waals surface area contributed by atoms with E-state index in [2.05, 4.69) is 0 Å². The van der Waals surface area contributed by atoms with E-state index in [-0.39, 0.29) is 46.2 Å². The summed E-state index contributed by atoms with van der Waals surface area (Å²) in [5, 5.41) is 0. The van der Waals surface area contributed by atoms with Crippen molar-refractivity contribution in [2.75, 3.05) is 13.7 Å². The Hall–Kier alpha value is -5.67. The topological polar surface area (TPSA) is 109 Å². The lowest BCUT2D eigenvalue weighted by atomic mass is 9.94. The number of ketones is 1. The second-order valence-electron chi connectivity index (χ2n) is 17.9. The first-order valence-corrected chi connectivity index (χ1v) is 24.0. The molecule has 0 N–H and O–H groups in total. The average Bonchev–Trinajstić information content (AvgIpc) is 3.78. The molecule has 9 atom stereocenters. The number of rotatable bonds is 25. The minimum atomic E-state index is -1.20. The fourth-order valence-corrected chi connectivity index (χ4v) is 8.59. The Morgan fingerprint density at radius 3 is 1.37 bits per heavy atom. The first-order valence-electron chi connectivity index (χ1n) is 24.0. The molecule has 2 heterocycles. The maximum Gasteiger partial charge on any atom is 0.187 e. The SMILES string of the molecule is CO[C@H]1O[C@H](C(=O)/C=C/[C@H](OCc2ccccc2)[C@@H](OCc2ccccc2)[C@H](OCc2ccccc2)[C@H]2COC(C)(C)O2)[C@@H](OCc2ccccc2)[C@H](OCc2ccccc2)[C@H]1OCc1ccccc1. The van der Waals surface area contributed by atoms with Gasteiger partial charge in [-0.1, -0.05) is 182 Å². The van der Waals surface area contributed by atoms with Crippen molar-refractivity contribution in [1.82, 2.24) is 0 Å². The number of methoxy groups -OCH3 is 1. The molecule has 0 unspecified atom stereocenters. The molecular weight excluding hydrogens is 885 g/mol. The lowest BCUT2D eigenvalue weighted by Crippen LogP contribution is -2.62. The Morgan fingerprint density at radius 2 is 0.943 bits per heavy atom. The van der Waals surface area contributed by atoms with Crippen molar-refractivity contribution in [1.29, 1.82) is 0 Å². The number of carbonyl (C=O) groups excluding carboxylic acids is 1. The minimum Gasteiger partial charge on any atom is -0.368 e. The van der Waals surface area contributed by atoms with Crippen LogP contribution in [-0.4, -0.2) is 80.4 Å². The molecule has 2 fully saturated rings. The summed E-state index contributed by atoms with van der Waals surface area (Å²) in [7, 11) is 1.54. The summed E-state index contributed by atoms with van der Waals surface area (Å²) in [4.78, 5) is 15.2. The van der Waals surface area contributed by atoms with E-state index < -0.39 is 66.7 Å². The van der Waals surface area contributed by atoms with Crippen molar-refractivity contribution in [3.63, 3.8) is 0 Å². The molecule has 366 valence electrons. The van der Waals surface area contributed by atoms with E-state index in [4.69, 9.17) is 47.4 Å². The molecule has 0 saturated carbocycles. The zero-order valence-electron chi connectivity index (χ0n) is 40.1. The molecule has 0 aliphatic carbocycles. The number of hydrogen-bond acceptors (Lipinski definition) is 11. The Kier molecular flexibility index (Phi) is 18.8. The lowest BCUT2D eigenvalue weighted by molar-refractivity contribution is -0.310. The van der Waals surface area contributed by atoms with Gasteiger partial charge in [-0.25, -0.2) is 0 Å². The van der Waals surface area contributed by atoms with Crippen LogP contribution >= 0.6 is 0 Å². The van der Waals surface area contributed by atoms with Gasteiger partial charge in [-0.3, -0.25) is 4.79 Å². The molecule has 11 heteroatoms. The molecule has 0 aromatic heterocycles. The molecule has 0 radical (unpaired) electrons. The van der Waals surface area contributed by atoms with Gasteiger partial charge in [-0.2, -0.15) is 0 Å². The van der Waals surface area contributed by atoms with Gasteiger partial charge in [0.2, 0.25) is 0 Å². The van der Waals surface area contributed by atoms with E-state index in [1.165, 1.54) is 13.2 Å². The van der Waals surface area contributed by atoms with Crippen LogP contribution in [0, 0.1) is 0 Å². The Labute approximate surface area is 412 Å². The highest BCUT2D eigenvalue weighted by Crippen LogP contribution is 2.34. The van der Waals surface area contributed by atoms with Gasteiger partial charge in [0.25, 0.3) is 0 Å². The second-order valence-corrected chi connectivity index (χ2v) is 17.9. The molecule has 0 bridgehead atoms. The van der Waals surface area contributed by atoms with Gasteiger partial charge in [0, 0.05) is 7.11 Å². The third kappa shape index (κ3) is 14.7. The molecular formula is C59H64O11. The van der Waals surface area contributed by atoms with Gasteiger partial charge in [-0.15, -0.1) is 0 Å². The Morgan fingerprint density at radius 1 is 0.543 bits per heavy atom. The zero-order chi connectivity index (χ0) is 48.4. The summed E-state index contributed by atoms with van der Waals surface area (Å²) < 4.78 is 66.2. The summed E-state index contributed by atoms with van der Waals surface area (Å²) in [6.45, 7) is 5.34. The number of benzene rings is 6. The van der Waals surface area contributed by atoms with Crippen LogP contribution in [0.25, 0.3) is 0 Å². The normalized spacial score (nSPS) is 22.4. The first kappa shape index (κ1) is 50.7. The zero-order valence-corrected chi connectivity index (χ0v) is 40.1. The van der Waals surface area contributed by atoms with E-state index in [1.54, 1.807) is 6.08 Å². The van der Waals surface area contributed by atoms with Crippen LogP contribution in [-0.2, 0) is 91.8 Å². The third-order valence-electron chi connectivity index (χ3n) is 12.2. The van der Waals surface area contributed by atoms with Crippen LogP contribution in [0.3, 0.4) is 0 Å². The fourth-order valence-electron chi connectivity index (χ4n) is 8.59. The van der Waals surface area contributed by atoms with Gasteiger partial charge in [0.1, 0.15) is 42.7 Å². The molecule has 6 aromatic rings. The van der Waals surface area contributed by atoms with E-state index in [0.717, 1.165) is 33.4 Å². The van der Waals surface area contributed by atoms with Crippen molar-refractivity contribution in [3.05, 3.63) is 228 Å². The van der Waals surface area contributed by atoms with Crippen LogP contribution in [0.2, 0.25) is 0 Å². The summed E-state index contributed by atoms with van der Waals surface area (Å²) in [5.41, 5.74) is 5.67. The second kappa shape index (κ2) is 26.0. The first-order chi connectivity index (χ1) is 34.3. The lowest BCUT2D eigenvalue weighted by Gasteiger charge is -2.45. The molecule has 11 nitrogen and oxygen atoms in total. The summed E-state index contributed by atoms with van der Waals surface area (Å²) in [6, 6.07) is 59.2. The standard InChI is InChI=1S/C59H64O11/c1-59(2)68-42-51(70-59)54(64-38-45-26-14-6-15-27-45)53(63-37-44-24-12-5-13-25-44)50(62-36-43-22-10-4-11-23-43)35-34-49(60)52-55(65-39-46-28-16-7-17-29-46)56(66-40-47-30-18-8-19-31-47)57(58(61-3)69-52)67-41-48-32-20-9-21-33-48/h4-35,50-58H,36-42H2,1-3H3/b35-34+/t50-,51+,52+,53+,54+,55+,56-,57+,58-/m0/s1. The van der Waals surface area contributed by atoms with E-state index in [1.807, 2.05) is 196 Å². The molecule has 2 saturated heterocycles.